The molecule has 0 aliphatic carbocycles. The van der Waals surface area contributed by atoms with Crippen LogP contribution in [0.2, 0.25) is 0 Å². The third-order valence-electron chi connectivity index (χ3n) is 3.10. The molecule has 2 aromatic rings. The lowest BCUT2D eigenvalue weighted by atomic mass is 9.91. The van der Waals surface area contributed by atoms with Gasteiger partial charge in [0.2, 0.25) is 0 Å². The van der Waals surface area contributed by atoms with Gasteiger partial charge in [-0.25, -0.2) is 0 Å². The maximum Gasteiger partial charge on any atom is 0.0381 e. The van der Waals surface area contributed by atoms with Crippen LogP contribution in [0.3, 0.4) is 0 Å². The molecule has 2 atom stereocenters. The van der Waals surface area contributed by atoms with E-state index < -0.39 is 0 Å². The highest BCUT2D eigenvalue weighted by Gasteiger charge is 2.28. The van der Waals surface area contributed by atoms with Crippen LogP contribution in [0, 0.1) is 0 Å². The molecule has 82 valence electrons. The molecule has 2 N–H and O–H groups in total. The zero-order valence-electron chi connectivity index (χ0n) is 8.80. The Morgan fingerprint density at radius 1 is 1.25 bits per heavy atom. The van der Waals surface area contributed by atoms with E-state index in [1.54, 1.807) is 11.3 Å². The van der Waals surface area contributed by atoms with Gasteiger partial charge in [-0.3, -0.25) is 0 Å². The van der Waals surface area contributed by atoms with Gasteiger partial charge in [0, 0.05) is 22.6 Å². The molecule has 0 saturated heterocycles. The first kappa shape index (κ1) is 10.4. The van der Waals surface area contributed by atoms with Crippen molar-refractivity contribution in [2.45, 2.75) is 16.9 Å². The standard InChI is InChI=1S/C13H13NS2/c14-13(9-5-6-15-7-9)11-8-16-12-4-2-1-3-10(11)12/h1-7,11,13H,8,14H2. The molecule has 0 radical (unpaired) electrons. The first-order chi connectivity index (χ1) is 7.86. The SMILES string of the molecule is NC(c1ccsc1)C1CSc2ccccc21. The molecular formula is C13H13NS2. The Morgan fingerprint density at radius 3 is 2.94 bits per heavy atom. The van der Waals surface area contributed by atoms with Gasteiger partial charge in [-0.05, 0) is 34.0 Å². The second-order valence-corrected chi connectivity index (χ2v) is 5.88. The van der Waals surface area contributed by atoms with Gasteiger partial charge in [-0.15, -0.1) is 11.8 Å². The molecule has 3 heteroatoms. The minimum atomic E-state index is 0.141. The van der Waals surface area contributed by atoms with E-state index in [1.165, 1.54) is 16.0 Å². The summed E-state index contributed by atoms with van der Waals surface area (Å²) in [6, 6.07) is 10.9. The molecule has 0 saturated carbocycles. The van der Waals surface area contributed by atoms with Gasteiger partial charge in [0.15, 0.2) is 0 Å². The van der Waals surface area contributed by atoms with Crippen LogP contribution in [0.1, 0.15) is 23.1 Å². The van der Waals surface area contributed by atoms with Crippen molar-refractivity contribution in [1.82, 2.24) is 0 Å². The number of benzene rings is 1. The number of hydrogen-bond acceptors (Lipinski definition) is 3. The Bertz CT molecular complexity index is 478. The van der Waals surface area contributed by atoms with Crippen LogP contribution in [-0.2, 0) is 0 Å². The minimum Gasteiger partial charge on any atom is -0.323 e. The minimum absolute atomic E-state index is 0.141. The summed E-state index contributed by atoms with van der Waals surface area (Å²) in [6.45, 7) is 0. The van der Waals surface area contributed by atoms with Gasteiger partial charge in [0.25, 0.3) is 0 Å². The van der Waals surface area contributed by atoms with Gasteiger partial charge in [0.1, 0.15) is 0 Å². The van der Waals surface area contributed by atoms with E-state index in [9.17, 15) is 0 Å². The predicted molar refractivity (Wildman–Crippen MR) is 71.2 cm³/mol. The molecule has 1 aliphatic rings. The Hall–Kier alpha value is -0.770. The highest BCUT2D eigenvalue weighted by atomic mass is 32.2. The summed E-state index contributed by atoms with van der Waals surface area (Å²) in [5.74, 6) is 1.58. The van der Waals surface area contributed by atoms with Crippen molar-refractivity contribution in [3.8, 4) is 0 Å². The van der Waals surface area contributed by atoms with Gasteiger partial charge in [-0.2, -0.15) is 11.3 Å². The molecule has 16 heavy (non-hydrogen) atoms. The molecule has 0 bridgehead atoms. The average Bonchev–Trinajstić information content (AvgIpc) is 2.98. The van der Waals surface area contributed by atoms with Crippen LogP contribution in [0.5, 0.6) is 0 Å². The fourth-order valence-electron chi connectivity index (χ4n) is 2.18. The maximum atomic E-state index is 6.35. The molecular weight excluding hydrogens is 234 g/mol. The normalized spacial score (nSPS) is 20.7. The lowest BCUT2D eigenvalue weighted by molar-refractivity contribution is 0.609. The predicted octanol–water partition coefficient (Wildman–Crippen LogP) is 3.64. The highest BCUT2D eigenvalue weighted by Crippen LogP contribution is 2.44. The van der Waals surface area contributed by atoms with Crippen molar-refractivity contribution in [2.75, 3.05) is 5.75 Å². The molecule has 3 rings (SSSR count). The quantitative estimate of drug-likeness (QED) is 0.877. The molecule has 1 aromatic heterocycles. The maximum absolute atomic E-state index is 6.35. The van der Waals surface area contributed by atoms with Crippen LogP contribution in [0.4, 0.5) is 0 Å². The monoisotopic (exact) mass is 247 g/mol. The topological polar surface area (TPSA) is 26.0 Å². The van der Waals surface area contributed by atoms with Gasteiger partial charge in [-0.1, -0.05) is 18.2 Å². The summed E-state index contributed by atoms with van der Waals surface area (Å²) in [5, 5.41) is 4.26. The second kappa shape index (κ2) is 4.24. The van der Waals surface area contributed by atoms with E-state index in [0.717, 1.165) is 5.75 Å². The summed E-state index contributed by atoms with van der Waals surface area (Å²) in [6.07, 6.45) is 0. The lowest BCUT2D eigenvalue weighted by Gasteiger charge is -2.18. The molecule has 0 spiro atoms. The van der Waals surface area contributed by atoms with Gasteiger partial charge >= 0.3 is 0 Å². The number of hydrogen-bond donors (Lipinski definition) is 1. The smallest absolute Gasteiger partial charge is 0.0381 e. The molecule has 1 aliphatic heterocycles. The molecule has 0 amide bonds. The van der Waals surface area contributed by atoms with Crippen molar-refractivity contribution in [3.63, 3.8) is 0 Å². The molecule has 1 aromatic carbocycles. The highest BCUT2D eigenvalue weighted by molar-refractivity contribution is 7.99. The van der Waals surface area contributed by atoms with E-state index >= 15 is 0 Å². The Kier molecular flexibility index (Phi) is 2.75. The number of thiophene rings is 1. The van der Waals surface area contributed by atoms with Crippen LogP contribution in [0.15, 0.2) is 46.0 Å². The van der Waals surface area contributed by atoms with Crippen molar-refractivity contribution < 1.29 is 0 Å². The Balaban J connectivity index is 1.93. The van der Waals surface area contributed by atoms with Crippen LogP contribution in [-0.4, -0.2) is 5.75 Å². The van der Waals surface area contributed by atoms with Crippen molar-refractivity contribution >= 4 is 23.1 Å². The van der Waals surface area contributed by atoms with Crippen molar-refractivity contribution in [3.05, 3.63) is 52.2 Å². The summed E-state index contributed by atoms with van der Waals surface area (Å²) in [7, 11) is 0. The average molecular weight is 247 g/mol. The largest absolute Gasteiger partial charge is 0.323 e. The number of nitrogens with two attached hydrogens (primary N) is 1. The van der Waals surface area contributed by atoms with E-state index in [0.29, 0.717) is 5.92 Å². The number of rotatable bonds is 2. The van der Waals surface area contributed by atoms with E-state index in [2.05, 4.69) is 41.1 Å². The summed E-state index contributed by atoms with van der Waals surface area (Å²) in [5.41, 5.74) is 9.05. The number of thioether (sulfide) groups is 1. The van der Waals surface area contributed by atoms with E-state index in [-0.39, 0.29) is 6.04 Å². The van der Waals surface area contributed by atoms with Gasteiger partial charge < -0.3 is 5.73 Å². The number of fused-ring (bicyclic) bond motifs is 1. The zero-order valence-corrected chi connectivity index (χ0v) is 10.4. The first-order valence-corrected chi connectivity index (χ1v) is 7.28. The van der Waals surface area contributed by atoms with Crippen molar-refractivity contribution in [2.24, 2.45) is 5.73 Å². The van der Waals surface area contributed by atoms with E-state index in [1.807, 2.05) is 11.8 Å². The van der Waals surface area contributed by atoms with E-state index in [4.69, 9.17) is 5.73 Å². The fourth-order valence-corrected chi connectivity index (χ4v) is 4.20. The van der Waals surface area contributed by atoms with Crippen LogP contribution in [0.25, 0.3) is 0 Å². The summed E-state index contributed by atoms with van der Waals surface area (Å²) >= 11 is 3.65. The van der Waals surface area contributed by atoms with Crippen molar-refractivity contribution in [1.29, 1.82) is 0 Å². The van der Waals surface area contributed by atoms with Gasteiger partial charge in [0.05, 0.1) is 0 Å². The third kappa shape index (κ3) is 1.69. The Labute approximate surface area is 104 Å². The third-order valence-corrected chi connectivity index (χ3v) is 5.01. The lowest BCUT2D eigenvalue weighted by Crippen LogP contribution is -2.19. The second-order valence-electron chi connectivity index (χ2n) is 4.04. The van der Waals surface area contributed by atoms with Crippen LogP contribution < -0.4 is 5.73 Å². The molecule has 1 nitrogen and oxygen atoms in total. The molecule has 0 fully saturated rings. The summed E-state index contributed by atoms with van der Waals surface area (Å²) in [4.78, 5) is 1.40. The summed E-state index contributed by atoms with van der Waals surface area (Å²) < 4.78 is 0. The molecule has 2 unspecified atom stereocenters. The fraction of sp³-hybridized carbons (Fsp3) is 0.231. The Morgan fingerprint density at radius 2 is 2.12 bits per heavy atom. The molecule has 2 heterocycles. The van der Waals surface area contributed by atoms with Crippen LogP contribution >= 0.6 is 23.1 Å². The zero-order chi connectivity index (χ0) is 11.0. The first-order valence-electron chi connectivity index (χ1n) is 5.35.